The summed E-state index contributed by atoms with van der Waals surface area (Å²) in [6, 6.07) is 7.57. The average molecular weight is 837 g/mol. The molecule has 1 aliphatic heterocycles. The molecule has 3 saturated carbocycles. The van der Waals surface area contributed by atoms with Gasteiger partial charge in [-0.05, 0) is 56.0 Å². The number of halogens is 2. The second kappa shape index (κ2) is 28.1. The van der Waals surface area contributed by atoms with Gasteiger partial charge in [-0.1, -0.05) is 89.6 Å². The summed E-state index contributed by atoms with van der Waals surface area (Å²) in [6.45, 7) is 10.5. The minimum absolute atomic E-state index is 0.0736. The highest BCUT2D eigenvalue weighted by Gasteiger charge is 2.57. The van der Waals surface area contributed by atoms with Crippen LogP contribution < -0.4 is 21.3 Å². The van der Waals surface area contributed by atoms with Gasteiger partial charge < -0.3 is 35.8 Å². The summed E-state index contributed by atoms with van der Waals surface area (Å²) >= 11 is 0. The van der Waals surface area contributed by atoms with E-state index in [1.54, 1.807) is 21.1 Å². The zero-order valence-corrected chi connectivity index (χ0v) is 36.5. The number of Topliss-reactive ketones (excluding diaryl/α,β-unsaturated/α-hetero) is 1. The van der Waals surface area contributed by atoms with Gasteiger partial charge in [-0.2, -0.15) is 0 Å². The van der Waals surface area contributed by atoms with Gasteiger partial charge in [0.05, 0.1) is 19.7 Å². The fourth-order valence-corrected chi connectivity index (χ4v) is 7.25. The Balaban J connectivity index is 0.000000416. The normalized spacial score (nSPS) is 20.5. The van der Waals surface area contributed by atoms with Crippen molar-refractivity contribution in [2.24, 2.45) is 23.7 Å². The number of rotatable bonds is 12. The maximum atomic E-state index is 13.5. The first-order valence-electron chi connectivity index (χ1n) is 21.0. The summed E-state index contributed by atoms with van der Waals surface area (Å²) in [6.07, 6.45) is 9.98. The van der Waals surface area contributed by atoms with Crippen LogP contribution in [0.15, 0.2) is 30.3 Å². The Morgan fingerprint density at radius 1 is 0.932 bits per heavy atom. The van der Waals surface area contributed by atoms with Crippen LogP contribution in [0.25, 0.3) is 0 Å². The molecule has 14 nitrogen and oxygen atoms in total. The number of ketones is 1. The van der Waals surface area contributed by atoms with Gasteiger partial charge in [0.1, 0.15) is 12.1 Å². The molecular weight excluding hydrogens is 767 g/mol. The minimum atomic E-state index is -2.82. The molecule has 0 bridgehead atoms. The molecule has 2 unspecified atom stereocenters. The van der Waals surface area contributed by atoms with E-state index in [2.05, 4.69) is 28.2 Å². The van der Waals surface area contributed by atoms with E-state index in [1.807, 2.05) is 51.1 Å². The fourth-order valence-electron chi connectivity index (χ4n) is 7.25. The quantitative estimate of drug-likeness (QED) is 0.165. The van der Waals surface area contributed by atoms with E-state index >= 15 is 0 Å². The molecule has 5 amide bonds. The first kappa shape index (κ1) is 52.5. The van der Waals surface area contributed by atoms with Gasteiger partial charge in [-0.25, -0.2) is 13.6 Å². The fraction of sp³-hybridized carbons (Fsp3) is 0.698. The summed E-state index contributed by atoms with van der Waals surface area (Å²) in [5, 5.41) is 10.5. The number of carbonyl (C=O) groups excluding carboxylic acids is 7. The van der Waals surface area contributed by atoms with E-state index in [4.69, 9.17) is 4.74 Å². The number of carbonyl (C=O) groups is 7. The molecule has 1 heterocycles. The summed E-state index contributed by atoms with van der Waals surface area (Å²) in [7, 11) is 5.02. The van der Waals surface area contributed by atoms with Crippen LogP contribution in [0.2, 0.25) is 0 Å². The first-order valence-corrected chi connectivity index (χ1v) is 21.0. The largest absolute Gasteiger partial charge is 0.450 e. The topological polar surface area (TPSA) is 183 Å². The van der Waals surface area contributed by atoms with Crippen LogP contribution in [-0.4, -0.2) is 117 Å². The lowest BCUT2D eigenvalue weighted by molar-refractivity contribution is -0.139. The van der Waals surface area contributed by atoms with E-state index in [0.717, 1.165) is 18.0 Å². The lowest BCUT2D eigenvalue weighted by Crippen LogP contribution is -2.49. The van der Waals surface area contributed by atoms with Gasteiger partial charge >= 0.3 is 6.09 Å². The molecule has 334 valence electrons. The minimum Gasteiger partial charge on any atom is -0.450 e. The molecule has 4 aliphatic rings. The summed E-state index contributed by atoms with van der Waals surface area (Å²) < 4.78 is 31.7. The molecule has 1 aromatic carbocycles. The zero-order valence-electron chi connectivity index (χ0n) is 36.5. The highest BCUT2D eigenvalue weighted by Crippen LogP contribution is 2.49. The maximum absolute atomic E-state index is 13.5. The smallest absolute Gasteiger partial charge is 0.407 e. The Hall–Kier alpha value is -4.47. The molecule has 0 spiro atoms. The summed E-state index contributed by atoms with van der Waals surface area (Å²) in [5.41, 5.74) is 0.778. The Morgan fingerprint density at radius 3 is 2.03 bits per heavy atom. The van der Waals surface area contributed by atoms with E-state index in [1.165, 1.54) is 68.1 Å². The standard InChI is InChI=1S/C13H16F2N2O4.C13H19N3O2.C10H19NO2.C5H10.C2H6/c1-7(19)17-5-8-2-13(14,15)3-10(8)11(17)12(21)16-4-9(20)6-18;1-14-9-11(17)15-12(13(18)16(2)3)10-7-5-4-6-8-10;1-2-13-10(12)11-8-9-6-4-3-5-7-9;1-5-3-2-4-5;1-2/h6,8,10-11H,2-5H2,1H3,(H,16,21);4-8,12,14H,9H2,1-3H3,(H,15,17);9H,2-8H2,1H3,(H,11,12);5H,2-4H2,1H3;1-2H3/t8-,10-,11?;;;;/m0..../s1. The van der Waals surface area contributed by atoms with Crippen molar-refractivity contribution in [2.75, 3.05) is 53.9 Å². The van der Waals surface area contributed by atoms with Crippen LogP contribution in [0.4, 0.5) is 13.6 Å². The molecule has 5 rings (SSSR count). The van der Waals surface area contributed by atoms with Crippen LogP contribution in [0.5, 0.6) is 0 Å². The van der Waals surface area contributed by atoms with Crippen LogP contribution >= 0.6 is 0 Å². The number of fused-ring (bicyclic) bond motifs is 1. The Labute approximate surface area is 349 Å². The molecular formula is C43H70F2N6O8. The third kappa shape index (κ3) is 19.4. The molecule has 0 aromatic heterocycles. The molecule has 0 radical (unpaired) electrons. The van der Waals surface area contributed by atoms with Crippen molar-refractivity contribution in [3.8, 4) is 0 Å². The number of alkyl halides is 2. The van der Waals surface area contributed by atoms with Gasteiger partial charge in [0.25, 0.3) is 0 Å². The Kier molecular flexibility index (Phi) is 25.0. The molecule has 1 aromatic rings. The number of likely N-dealkylation sites (tertiary alicyclic amines) is 1. The number of nitrogens with one attached hydrogen (secondary N) is 4. The monoisotopic (exact) mass is 837 g/mol. The van der Waals surface area contributed by atoms with E-state index < -0.39 is 54.5 Å². The van der Waals surface area contributed by atoms with Crippen LogP contribution in [0.1, 0.15) is 110 Å². The van der Waals surface area contributed by atoms with Crippen LogP contribution in [-0.2, 0) is 33.5 Å². The Bertz CT molecular complexity index is 1460. The number of amides is 5. The summed E-state index contributed by atoms with van der Waals surface area (Å²) in [4.78, 5) is 82.2. The number of likely N-dealkylation sites (N-methyl/N-ethyl adjacent to an activating group) is 2. The molecule has 16 heteroatoms. The SMILES string of the molecule is CC.CC(=O)N1C[C@@H]2CC(F)(F)C[C@@H]2C1C(=O)NCC(=O)C=O.CC1CCC1.CCOC(=O)NCC1CCCCC1.CNCC(=O)NC(C(=O)N(C)C)c1ccccc1. The van der Waals surface area contributed by atoms with Gasteiger partial charge in [0.15, 0.2) is 6.29 Å². The zero-order chi connectivity index (χ0) is 44.5. The average Bonchev–Trinajstić information content (AvgIpc) is 3.71. The third-order valence-corrected chi connectivity index (χ3v) is 10.5. The van der Waals surface area contributed by atoms with Crippen molar-refractivity contribution in [1.82, 2.24) is 31.1 Å². The van der Waals surface area contributed by atoms with Crippen molar-refractivity contribution in [3.05, 3.63) is 35.9 Å². The number of ether oxygens (including phenoxy) is 1. The van der Waals surface area contributed by atoms with Gasteiger partial charge in [-0.15, -0.1) is 0 Å². The van der Waals surface area contributed by atoms with Gasteiger partial charge in [-0.3, -0.25) is 28.8 Å². The number of hydrogen-bond donors (Lipinski definition) is 4. The highest BCUT2D eigenvalue weighted by molar-refractivity contribution is 6.26. The van der Waals surface area contributed by atoms with Crippen LogP contribution in [0, 0.1) is 23.7 Å². The van der Waals surface area contributed by atoms with Crippen molar-refractivity contribution in [3.63, 3.8) is 0 Å². The first-order chi connectivity index (χ1) is 28.0. The van der Waals surface area contributed by atoms with Crippen molar-refractivity contribution >= 4 is 41.8 Å². The molecule has 59 heavy (non-hydrogen) atoms. The van der Waals surface area contributed by atoms with Crippen molar-refractivity contribution in [1.29, 1.82) is 0 Å². The third-order valence-electron chi connectivity index (χ3n) is 10.5. The maximum Gasteiger partial charge on any atom is 0.407 e. The van der Waals surface area contributed by atoms with Gasteiger partial charge in [0, 0.05) is 47.0 Å². The lowest BCUT2D eigenvalue weighted by atomic mass is 9.88. The van der Waals surface area contributed by atoms with E-state index in [-0.39, 0.29) is 49.6 Å². The van der Waals surface area contributed by atoms with E-state index in [0.29, 0.717) is 12.5 Å². The van der Waals surface area contributed by atoms with Crippen molar-refractivity contribution in [2.45, 2.75) is 117 Å². The molecule has 4 N–H and O–H groups in total. The number of nitrogens with zero attached hydrogens (tertiary/aromatic N) is 2. The summed E-state index contributed by atoms with van der Waals surface area (Å²) in [5.74, 6) is -4.31. The van der Waals surface area contributed by atoms with Gasteiger partial charge in [0.2, 0.25) is 35.3 Å². The predicted molar refractivity (Wildman–Crippen MR) is 222 cm³/mol. The second-order valence-electron chi connectivity index (χ2n) is 15.4. The Morgan fingerprint density at radius 2 is 1.54 bits per heavy atom. The molecule has 3 aliphatic carbocycles. The number of hydrogen-bond acceptors (Lipinski definition) is 9. The highest BCUT2D eigenvalue weighted by atomic mass is 19.3. The lowest BCUT2D eigenvalue weighted by Gasteiger charge is -2.26. The predicted octanol–water partition coefficient (Wildman–Crippen LogP) is 5.06. The number of benzene rings is 1. The molecule has 4 fully saturated rings. The molecule has 1 saturated heterocycles. The van der Waals surface area contributed by atoms with Crippen LogP contribution in [0.3, 0.4) is 0 Å². The number of alkyl carbamates (subject to hydrolysis) is 1. The molecule has 4 atom stereocenters. The number of aldehydes is 1. The van der Waals surface area contributed by atoms with E-state index in [9.17, 15) is 42.3 Å². The second-order valence-corrected chi connectivity index (χ2v) is 15.4. The van der Waals surface area contributed by atoms with Crippen molar-refractivity contribution < 1.29 is 47.1 Å².